The molecule has 2 aromatic heterocycles. The number of carbonyl (C=O) groups excluding carboxylic acids is 1. The SMILES string of the molecule is BNc1nc(N[C@H](CCCCC)C(=O)OC)c2ncccc2n1. The van der Waals surface area contributed by atoms with Crippen molar-refractivity contribution in [1.82, 2.24) is 15.0 Å². The maximum Gasteiger partial charge on any atom is 0.328 e. The first-order valence-corrected chi connectivity index (χ1v) is 7.84. The highest BCUT2D eigenvalue weighted by atomic mass is 16.5. The number of ether oxygens (including phenoxy) is 1. The zero-order valence-corrected chi connectivity index (χ0v) is 13.8. The minimum absolute atomic E-state index is 0.296. The van der Waals surface area contributed by atoms with Crippen molar-refractivity contribution in [1.29, 1.82) is 0 Å². The van der Waals surface area contributed by atoms with Gasteiger partial charge < -0.3 is 15.3 Å². The van der Waals surface area contributed by atoms with E-state index in [1.807, 2.05) is 12.1 Å². The van der Waals surface area contributed by atoms with E-state index in [9.17, 15) is 4.79 Å². The van der Waals surface area contributed by atoms with Gasteiger partial charge in [0.2, 0.25) is 13.9 Å². The average Bonchev–Trinajstić information content (AvgIpc) is 2.60. The van der Waals surface area contributed by atoms with Gasteiger partial charge in [0, 0.05) is 6.20 Å². The van der Waals surface area contributed by atoms with E-state index in [1.54, 1.807) is 14.2 Å². The monoisotopic (exact) mass is 315 g/mol. The van der Waals surface area contributed by atoms with Crippen molar-refractivity contribution in [3.8, 4) is 0 Å². The molecule has 2 N–H and O–H groups in total. The fourth-order valence-electron chi connectivity index (χ4n) is 2.33. The summed E-state index contributed by atoms with van der Waals surface area (Å²) in [6, 6.07) is 3.23. The number of rotatable bonds is 8. The van der Waals surface area contributed by atoms with Gasteiger partial charge in [-0.3, -0.25) is 4.98 Å². The van der Waals surface area contributed by atoms with Crippen LogP contribution in [0.2, 0.25) is 0 Å². The highest BCUT2D eigenvalue weighted by Gasteiger charge is 2.21. The van der Waals surface area contributed by atoms with Crippen molar-refractivity contribution in [2.75, 3.05) is 17.7 Å². The Hall–Kier alpha value is -2.38. The Kier molecular flexibility index (Phi) is 6.14. The van der Waals surface area contributed by atoms with Gasteiger partial charge >= 0.3 is 5.97 Å². The lowest BCUT2D eigenvalue weighted by atomic mass is 10.1. The lowest BCUT2D eigenvalue weighted by Gasteiger charge is -2.18. The summed E-state index contributed by atoms with van der Waals surface area (Å²) < 4.78 is 4.90. The lowest BCUT2D eigenvalue weighted by molar-refractivity contribution is -0.141. The fraction of sp³-hybridized carbons (Fsp3) is 0.467. The summed E-state index contributed by atoms with van der Waals surface area (Å²) in [6.07, 6.45) is 5.47. The smallest absolute Gasteiger partial charge is 0.328 e. The van der Waals surface area contributed by atoms with E-state index in [0.29, 0.717) is 29.2 Å². The summed E-state index contributed by atoms with van der Waals surface area (Å²) in [5.41, 5.74) is 1.35. The highest BCUT2D eigenvalue weighted by Crippen LogP contribution is 2.21. The topological polar surface area (TPSA) is 89.0 Å². The Morgan fingerprint density at radius 1 is 1.39 bits per heavy atom. The molecule has 2 aromatic rings. The van der Waals surface area contributed by atoms with Gasteiger partial charge in [-0.25, -0.2) is 9.78 Å². The number of pyridine rings is 1. The van der Waals surface area contributed by atoms with E-state index in [4.69, 9.17) is 4.74 Å². The van der Waals surface area contributed by atoms with Gasteiger partial charge in [-0.05, 0) is 18.6 Å². The number of hydrogen-bond donors (Lipinski definition) is 2. The molecule has 2 rings (SSSR count). The normalized spacial score (nSPS) is 11.9. The molecule has 0 saturated heterocycles. The number of unbranched alkanes of at least 4 members (excludes halogenated alkanes) is 2. The van der Waals surface area contributed by atoms with Crippen LogP contribution in [0.25, 0.3) is 11.0 Å². The zero-order valence-electron chi connectivity index (χ0n) is 13.8. The molecule has 2 heterocycles. The third-order valence-corrected chi connectivity index (χ3v) is 3.57. The number of anilines is 2. The molecule has 0 radical (unpaired) electrons. The summed E-state index contributed by atoms with van der Waals surface area (Å²) >= 11 is 0. The predicted molar refractivity (Wildman–Crippen MR) is 93.1 cm³/mol. The third-order valence-electron chi connectivity index (χ3n) is 3.57. The molecule has 23 heavy (non-hydrogen) atoms. The highest BCUT2D eigenvalue weighted by molar-refractivity contribution is 6.15. The molecule has 0 bridgehead atoms. The van der Waals surface area contributed by atoms with Crippen molar-refractivity contribution in [2.24, 2.45) is 0 Å². The summed E-state index contributed by atoms with van der Waals surface area (Å²) in [6.45, 7) is 2.13. The number of hydrogen-bond acceptors (Lipinski definition) is 7. The largest absolute Gasteiger partial charge is 0.467 e. The number of carbonyl (C=O) groups is 1. The minimum atomic E-state index is -0.448. The van der Waals surface area contributed by atoms with E-state index < -0.39 is 6.04 Å². The van der Waals surface area contributed by atoms with Crippen molar-refractivity contribution in [3.05, 3.63) is 18.3 Å². The van der Waals surface area contributed by atoms with Gasteiger partial charge in [-0.1, -0.05) is 26.2 Å². The van der Waals surface area contributed by atoms with Crippen LogP contribution in [-0.4, -0.2) is 42.1 Å². The quantitative estimate of drug-likeness (QED) is 0.434. The van der Waals surface area contributed by atoms with Crippen LogP contribution in [0.5, 0.6) is 0 Å². The Morgan fingerprint density at radius 3 is 2.91 bits per heavy atom. The van der Waals surface area contributed by atoms with Gasteiger partial charge in [0.1, 0.15) is 11.6 Å². The molecule has 0 aromatic carbocycles. The molecular formula is C15H22BN5O2. The average molecular weight is 315 g/mol. The molecule has 122 valence electrons. The van der Waals surface area contributed by atoms with Gasteiger partial charge in [0.25, 0.3) is 0 Å². The first-order chi connectivity index (χ1) is 11.2. The number of nitrogens with one attached hydrogen (secondary N) is 2. The second kappa shape index (κ2) is 8.31. The maximum absolute atomic E-state index is 12.0. The second-order valence-electron chi connectivity index (χ2n) is 5.23. The van der Waals surface area contributed by atoms with Gasteiger partial charge in [0.15, 0.2) is 5.82 Å². The molecule has 7 nitrogen and oxygen atoms in total. The van der Waals surface area contributed by atoms with Crippen LogP contribution in [0.1, 0.15) is 32.6 Å². The van der Waals surface area contributed by atoms with Crippen molar-refractivity contribution >= 4 is 36.8 Å². The molecule has 0 unspecified atom stereocenters. The summed E-state index contributed by atoms with van der Waals surface area (Å²) in [5.74, 6) is 0.715. The minimum Gasteiger partial charge on any atom is -0.467 e. The van der Waals surface area contributed by atoms with Gasteiger partial charge in [-0.2, -0.15) is 4.98 Å². The van der Waals surface area contributed by atoms with Crippen molar-refractivity contribution < 1.29 is 9.53 Å². The van der Waals surface area contributed by atoms with Crippen LogP contribution in [0.3, 0.4) is 0 Å². The van der Waals surface area contributed by atoms with Crippen LogP contribution in [0, 0.1) is 0 Å². The molecule has 0 fully saturated rings. The number of esters is 1. The number of nitrogens with zero attached hydrogens (tertiary/aromatic N) is 3. The van der Waals surface area contributed by atoms with Crippen LogP contribution in [0.15, 0.2) is 18.3 Å². The van der Waals surface area contributed by atoms with Crippen LogP contribution in [0.4, 0.5) is 11.8 Å². The van der Waals surface area contributed by atoms with E-state index in [1.165, 1.54) is 7.11 Å². The molecule has 0 spiro atoms. The van der Waals surface area contributed by atoms with Crippen molar-refractivity contribution in [3.63, 3.8) is 0 Å². The Morgan fingerprint density at radius 2 is 2.22 bits per heavy atom. The first kappa shape index (κ1) is 17.0. The van der Waals surface area contributed by atoms with Crippen LogP contribution < -0.4 is 10.5 Å². The molecule has 1 atom stereocenters. The molecule has 8 heteroatoms. The van der Waals surface area contributed by atoms with Crippen molar-refractivity contribution in [2.45, 2.75) is 38.6 Å². The van der Waals surface area contributed by atoms with E-state index >= 15 is 0 Å². The second-order valence-corrected chi connectivity index (χ2v) is 5.23. The zero-order chi connectivity index (χ0) is 16.7. The van der Waals surface area contributed by atoms with E-state index in [-0.39, 0.29) is 5.97 Å². The molecule has 0 aliphatic heterocycles. The maximum atomic E-state index is 12.0. The van der Waals surface area contributed by atoms with E-state index in [0.717, 1.165) is 19.3 Å². The Balaban J connectivity index is 2.30. The molecule has 0 aliphatic carbocycles. The molecular weight excluding hydrogens is 293 g/mol. The van der Waals surface area contributed by atoms with Crippen LogP contribution >= 0.6 is 0 Å². The number of fused-ring (bicyclic) bond motifs is 1. The van der Waals surface area contributed by atoms with Gasteiger partial charge in [-0.15, -0.1) is 0 Å². The molecule has 0 aliphatic rings. The predicted octanol–water partition coefficient (Wildman–Crippen LogP) is 1.52. The lowest BCUT2D eigenvalue weighted by Crippen LogP contribution is -2.31. The summed E-state index contributed by atoms with van der Waals surface area (Å²) in [5, 5.41) is 6.10. The first-order valence-electron chi connectivity index (χ1n) is 7.84. The number of methoxy groups -OCH3 is 1. The number of aromatic nitrogens is 3. The van der Waals surface area contributed by atoms with Crippen LogP contribution in [-0.2, 0) is 9.53 Å². The summed E-state index contributed by atoms with van der Waals surface area (Å²) in [7, 11) is 3.15. The molecule has 0 amide bonds. The fourth-order valence-corrected chi connectivity index (χ4v) is 2.33. The Bertz CT molecular complexity index is 667. The Labute approximate surface area is 136 Å². The van der Waals surface area contributed by atoms with Gasteiger partial charge in [0.05, 0.1) is 12.6 Å². The molecule has 0 saturated carbocycles. The standard InChI is InChI=1S/C15H22BN5O2/c1-3-4-5-7-11(14(22)23-2)18-13-12-10(8-6-9-17-12)19-15(20-13)21-16/h6,8-9,11H,3-5,7,16H2,1-2H3,(H2,18,19,20,21)/t11-/m1/s1. The summed E-state index contributed by atoms with van der Waals surface area (Å²) in [4.78, 5) is 25.1. The third kappa shape index (κ3) is 4.31. The van der Waals surface area contributed by atoms with E-state index in [2.05, 4.69) is 32.4 Å².